The number of carbonyl (C=O) groups is 3. The lowest BCUT2D eigenvalue weighted by atomic mass is 9.97. The van der Waals surface area contributed by atoms with Crippen molar-refractivity contribution in [2.24, 2.45) is 5.92 Å². The zero-order valence-corrected chi connectivity index (χ0v) is 18.0. The molecule has 0 saturated carbocycles. The van der Waals surface area contributed by atoms with Crippen LogP contribution < -0.4 is 10.6 Å². The SMILES string of the molecule is CCOC(=O)C1CC(C(=O)N2CCNCC2)N(C(=O)NC(C)C)C1c1cccs1. The summed E-state index contributed by atoms with van der Waals surface area (Å²) in [7, 11) is 0. The second-order valence-corrected chi connectivity index (χ2v) is 8.64. The number of hydrogen-bond acceptors (Lipinski definition) is 6. The first kappa shape index (κ1) is 21.6. The van der Waals surface area contributed by atoms with E-state index in [4.69, 9.17) is 4.74 Å². The Hall–Kier alpha value is -2.13. The zero-order chi connectivity index (χ0) is 21.0. The summed E-state index contributed by atoms with van der Waals surface area (Å²) < 4.78 is 5.31. The van der Waals surface area contributed by atoms with Crippen molar-refractivity contribution in [3.05, 3.63) is 22.4 Å². The van der Waals surface area contributed by atoms with Crippen LogP contribution >= 0.6 is 11.3 Å². The predicted molar refractivity (Wildman–Crippen MR) is 111 cm³/mol. The summed E-state index contributed by atoms with van der Waals surface area (Å²) in [6, 6.07) is 2.21. The number of piperazine rings is 1. The zero-order valence-electron chi connectivity index (χ0n) is 17.2. The van der Waals surface area contributed by atoms with Crippen molar-refractivity contribution < 1.29 is 19.1 Å². The molecule has 1 aromatic heterocycles. The summed E-state index contributed by atoms with van der Waals surface area (Å²) in [5.74, 6) is -1.02. The van der Waals surface area contributed by atoms with Crippen LogP contribution in [0.1, 0.15) is 38.1 Å². The van der Waals surface area contributed by atoms with Gasteiger partial charge in [-0.3, -0.25) is 9.59 Å². The van der Waals surface area contributed by atoms with Crippen LogP contribution in [0.15, 0.2) is 17.5 Å². The standard InChI is InChI=1S/C20H30N4O4S/c1-4-28-19(26)14-12-15(18(25)23-9-7-21-8-10-23)24(20(27)22-13(2)3)17(14)16-6-5-11-29-16/h5-6,11,13-15,17,21H,4,7-10,12H2,1-3H3,(H,22,27). The Morgan fingerprint density at radius 1 is 1.31 bits per heavy atom. The van der Waals surface area contributed by atoms with Crippen molar-refractivity contribution >= 4 is 29.2 Å². The molecular formula is C20H30N4O4S. The molecule has 9 heteroatoms. The first-order valence-corrected chi connectivity index (χ1v) is 11.1. The number of likely N-dealkylation sites (tertiary alicyclic amines) is 1. The minimum atomic E-state index is -0.687. The van der Waals surface area contributed by atoms with Crippen LogP contribution in [-0.2, 0) is 14.3 Å². The number of carbonyl (C=O) groups excluding carboxylic acids is 3. The number of esters is 1. The van der Waals surface area contributed by atoms with Crippen LogP contribution in [0, 0.1) is 5.92 Å². The third kappa shape index (κ3) is 4.72. The highest BCUT2D eigenvalue weighted by molar-refractivity contribution is 7.10. The number of nitrogens with one attached hydrogen (secondary N) is 2. The first-order chi connectivity index (χ1) is 13.9. The normalized spacial score (nSPS) is 24.6. The number of nitrogens with zero attached hydrogens (tertiary/aromatic N) is 2. The van der Waals surface area contributed by atoms with E-state index in [9.17, 15) is 14.4 Å². The van der Waals surface area contributed by atoms with Crippen molar-refractivity contribution in [3.8, 4) is 0 Å². The fraction of sp³-hybridized carbons (Fsp3) is 0.650. The summed E-state index contributed by atoms with van der Waals surface area (Å²) in [5.41, 5.74) is 0. The Balaban J connectivity index is 1.97. The molecule has 3 unspecified atom stereocenters. The van der Waals surface area contributed by atoms with E-state index in [1.54, 1.807) is 16.7 Å². The third-order valence-corrected chi connectivity index (χ3v) is 6.22. The fourth-order valence-electron chi connectivity index (χ4n) is 4.05. The molecule has 3 rings (SSSR count). The van der Waals surface area contributed by atoms with E-state index in [1.165, 1.54) is 11.3 Å². The lowest BCUT2D eigenvalue weighted by Crippen LogP contribution is -2.55. The number of thiophene rings is 1. The number of hydrogen-bond donors (Lipinski definition) is 2. The molecule has 1 aromatic rings. The summed E-state index contributed by atoms with van der Waals surface area (Å²) >= 11 is 1.48. The topological polar surface area (TPSA) is 91.0 Å². The number of amides is 3. The van der Waals surface area contributed by atoms with Crippen LogP contribution in [-0.4, -0.2) is 72.6 Å². The van der Waals surface area contributed by atoms with E-state index in [0.717, 1.165) is 18.0 Å². The maximum Gasteiger partial charge on any atom is 0.318 e. The van der Waals surface area contributed by atoms with Gasteiger partial charge in [0.2, 0.25) is 5.91 Å². The lowest BCUT2D eigenvalue weighted by Gasteiger charge is -2.35. The van der Waals surface area contributed by atoms with Gasteiger partial charge in [0.05, 0.1) is 18.6 Å². The highest BCUT2D eigenvalue weighted by Gasteiger charge is 2.52. The van der Waals surface area contributed by atoms with Gasteiger partial charge >= 0.3 is 12.0 Å². The van der Waals surface area contributed by atoms with Gasteiger partial charge in [0.25, 0.3) is 0 Å². The molecule has 2 fully saturated rings. The lowest BCUT2D eigenvalue weighted by molar-refractivity contribution is -0.148. The van der Waals surface area contributed by atoms with Crippen molar-refractivity contribution in [1.29, 1.82) is 0 Å². The molecule has 8 nitrogen and oxygen atoms in total. The van der Waals surface area contributed by atoms with Gasteiger partial charge in [0.15, 0.2) is 0 Å². The van der Waals surface area contributed by atoms with Crippen molar-refractivity contribution in [2.75, 3.05) is 32.8 Å². The maximum atomic E-state index is 13.4. The molecule has 2 aliphatic heterocycles. The average Bonchev–Trinajstić information content (AvgIpc) is 3.35. The van der Waals surface area contributed by atoms with Crippen molar-refractivity contribution in [1.82, 2.24) is 20.4 Å². The molecule has 2 saturated heterocycles. The van der Waals surface area contributed by atoms with Crippen LogP contribution in [0.25, 0.3) is 0 Å². The minimum Gasteiger partial charge on any atom is -0.466 e. The summed E-state index contributed by atoms with van der Waals surface area (Å²) in [6.07, 6.45) is 0.273. The van der Waals surface area contributed by atoms with Gasteiger partial charge < -0.3 is 25.2 Å². The second-order valence-electron chi connectivity index (χ2n) is 7.66. The molecule has 3 atom stereocenters. The van der Waals surface area contributed by atoms with Gasteiger partial charge in [-0.1, -0.05) is 6.07 Å². The summed E-state index contributed by atoms with van der Waals surface area (Å²) in [5, 5.41) is 8.07. The molecule has 0 aliphatic carbocycles. The van der Waals surface area contributed by atoms with Crippen molar-refractivity contribution in [3.63, 3.8) is 0 Å². The molecular weight excluding hydrogens is 392 g/mol. The summed E-state index contributed by atoms with van der Waals surface area (Å²) in [4.78, 5) is 43.6. The third-order valence-electron chi connectivity index (χ3n) is 5.28. The molecule has 0 bridgehead atoms. The van der Waals surface area contributed by atoms with Gasteiger partial charge in [0.1, 0.15) is 6.04 Å². The van der Waals surface area contributed by atoms with Gasteiger partial charge in [-0.2, -0.15) is 0 Å². The van der Waals surface area contributed by atoms with Crippen LogP contribution in [0.2, 0.25) is 0 Å². The molecule has 29 heavy (non-hydrogen) atoms. The highest BCUT2D eigenvalue weighted by Crippen LogP contribution is 2.44. The van der Waals surface area contributed by atoms with E-state index in [0.29, 0.717) is 13.1 Å². The summed E-state index contributed by atoms with van der Waals surface area (Å²) in [6.45, 7) is 8.44. The molecule has 160 valence electrons. The molecule has 0 radical (unpaired) electrons. The quantitative estimate of drug-likeness (QED) is 0.704. The van der Waals surface area contributed by atoms with E-state index in [1.807, 2.05) is 31.4 Å². The second kappa shape index (κ2) is 9.58. The maximum absolute atomic E-state index is 13.4. The first-order valence-electron chi connectivity index (χ1n) is 10.2. The van der Waals surface area contributed by atoms with Crippen LogP contribution in [0.3, 0.4) is 0 Å². The van der Waals surface area contributed by atoms with Crippen LogP contribution in [0.4, 0.5) is 4.79 Å². The van der Waals surface area contributed by atoms with E-state index in [2.05, 4.69) is 10.6 Å². The van der Waals surface area contributed by atoms with Crippen molar-refractivity contribution in [2.45, 2.75) is 45.3 Å². The number of rotatable bonds is 5. The monoisotopic (exact) mass is 422 g/mol. The van der Waals surface area contributed by atoms with E-state index >= 15 is 0 Å². The predicted octanol–water partition coefficient (Wildman–Crippen LogP) is 1.59. The molecule has 2 N–H and O–H groups in total. The Kier molecular flexibility index (Phi) is 7.13. The van der Waals surface area contributed by atoms with Gasteiger partial charge in [-0.05, 0) is 38.6 Å². The number of ether oxygens (including phenoxy) is 1. The Bertz CT molecular complexity index is 718. The molecule has 0 aromatic carbocycles. The van der Waals surface area contributed by atoms with Gasteiger partial charge in [0, 0.05) is 37.1 Å². The van der Waals surface area contributed by atoms with Crippen LogP contribution in [0.5, 0.6) is 0 Å². The molecule has 3 amide bonds. The smallest absolute Gasteiger partial charge is 0.318 e. The molecule has 3 heterocycles. The Labute approximate surface area is 175 Å². The van der Waals surface area contributed by atoms with E-state index < -0.39 is 18.0 Å². The Morgan fingerprint density at radius 3 is 2.62 bits per heavy atom. The average molecular weight is 423 g/mol. The minimum absolute atomic E-state index is 0.0805. The molecule has 0 spiro atoms. The number of urea groups is 1. The fourth-order valence-corrected chi connectivity index (χ4v) is 4.93. The van der Waals surface area contributed by atoms with E-state index in [-0.39, 0.29) is 37.0 Å². The van der Waals surface area contributed by atoms with Gasteiger partial charge in [-0.25, -0.2) is 4.79 Å². The highest BCUT2D eigenvalue weighted by atomic mass is 32.1. The molecule has 2 aliphatic rings. The van der Waals surface area contributed by atoms with Gasteiger partial charge in [-0.15, -0.1) is 11.3 Å². The largest absolute Gasteiger partial charge is 0.466 e. The Morgan fingerprint density at radius 2 is 2.03 bits per heavy atom.